The van der Waals surface area contributed by atoms with Gasteiger partial charge in [0.05, 0.1) is 52.9 Å². The van der Waals surface area contributed by atoms with Gasteiger partial charge in [0, 0.05) is 25.9 Å². The molecule has 0 aromatic carbocycles. The van der Waals surface area contributed by atoms with Crippen LogP contribution in [0.2, 0.25) is 0 Å². The lowest BCUT2D eigenvalue weighted by atomic mass is 10.3. The second kappa shape index (κ2) is 17.3. The molecule has 0 spiro atoms. The summed E-state index contributed by atoms with van der Waals surface area (Å²) >= 11 is 0. The summed E-state index contributed by atoms with van der Waals surface area (Å²) in [5.74, 6) is 0.0369. The fourth-order valence-corrected chi connectivity index (χ4v) is 1.46. The van der Waals surface area contributed by atoms with Crippen LogP contribution in [0.1, 0.15) is 19.8 Å². The first-order chi connectivity index (χ1) is 11.2. The number of hydrogen-bond acceptors (Lipinski definition) is 7. The molecule has 0 atom stereocenters. The van der Waals surface area contributed by atoms with Gasteiger partial charge in [-0.3, -0.25) is 9.59 Å². The van der Waals surface area contributed by atoms with Crippen LogP contribution < -0.4 is 11.1 Å². The highest BCUT2D eigenvalue weighted by Crippen LogP contribution is 1.86. The van der Waals surface area contributed by atoms with Crippen molar-refractivity contribution < 1.29 is 28.5 Å². The second-order valence-corrected chi connectivity index (χ2v) is 4.79. The summed E-state index contributed by atoms with van der Waals surface area (Å²) in [4.78, 5) is 22.1. The lowest BCUT2D eigenvalue weighted by molar-refractivity contribution is -0.122. The van der Waals surface area contributed by atoms with Crippen LogP contribution in [0.4, 0.5) is 0 Å². The third kappa shape index (κ3) is 18.9. The van der Waals surface area contributed by atoms with E-state index in [1.807, 2.05) is 0 Å². The first-order valence-electron chi connectivity index (χ1n) is 7.94. The second-order valence-electron chi connectivity index (χ2n) is 4.79. The van der Waals surface area contributed by atoms with Crippen LogP contribution in [0, 0.1) is 0 Å². The molecule has 0 saturated carbocycles. The molecule has 8 nitrogen and oxygen atoms in total. The fraction of sp³-hybridized carbons (Fsp3) is 0.867. The number of nitrogens with two attached hydrogens (primary N) is 1. The molecule has 0 aromatic heterocycles. The number of rotatable bonds is 17. The van der Waals surface area contributed by atoms with E-state index in [1.54, 1.807) is 0 Å². The van der Waals surface area contributed by atoms with Crippen molar-refractivity contribution in [2.45, 2.75) is 19.8 Å². The van der Waals surface area contributed by atoms with Crippen LogP contribution in [-0.4, -0.2) is 77.6 Å². The summed E-state index contributed by atoms with van der Waals surface area (Å²) < 4.78 is 20.9. The predicted molar refractivity (Wildman–Crippen MR) is 85.3 cm³/mol. The molecule has 0 unspecified atom stereocenters. The van der Waals surface area contributed by atoms with Crippen molar-refractivity contribution in [1.82, 2.24) is 5.32 Å². The van der Waals surface area contributed by atoms with Gasteiger partial charge in [0.2, 0.25) is 5.91 Å². The van der Waals surface area contributed by atoms with Crippen LogP contribution in [0.3, 0.4) is 0 Å². The van der Waals surface area contributed by atoms with E-state index in [-0.39, 0.29) is 11.7 Å². The van der Waals surface area contributed by atoms with Crippen LogP contribution in [0.15, 0.2) is 0 Å². The molecule has 0 radical (unpaired) electrons. The van der Waals surface area contributed by atoms with Gasteiger partial charge in [-0.1, -0.05) is 0 Å². The number of ketones is 1. The maximum absolute atomic E-state index is 11.5. The molecular formula is C15H30N2O6. The lowest BCUT2D eigenvalue weighted by Gasteiger charge is -2.07. The summed E-state index contributed by atoms with van der Waals surface area (Å²) in [6.45, 7) is 6.04. The SMILES string of the molecule is CC(=O)CCOCCOCCNC(=O)CCOCCOCCN. The van der Waals surface area contributed by atoms with E-state index in [4.69, 9.17) is 24.7 Å². The number of amides is 1. The molecular weight excluding hydrogens is 304 g/mol. The van der Waals surface area contributed by atoms with Crippen LogP contribution in [0.25, 0.3) is 0 Å². The molecule has 23 heavy (non-hydrogen) atoms. The quantitative estimate of drug-likeness (QED) is 0.345. The summed E-state index contributed by atoms with van der Waals surface area (Å²) in [5.41, 5.74) is 5.27. The minimum Gasteiger partial charge on any atom is -0.379 e. The van der Waals surface area contributed by atoms with E-state index < -0.39 is 0 Å². The topological polar surface area (TPSA) is 109 Å². The van der Waals surface area contributed by atoms with E-state index in [0.717, 1.165) is 0 Å². The Kier molecular flexibility index (Phi) is 16.5. The van der Waals surface area contributed by atoms with Crippen molar-refractivity contribution in [3.8, 4) is 0 Å². The maximum Gasteiger partial charge on any atom is 0.222 e. The van der Waals surface area contributed by atoms with Crippen molar-refractivity contribution in [1.29, 1.82) is 0 Å². The highest BCUT2D eigenvalue weighted by atomic mass is 16.5. The zero-order valence-electron chi connectivity index (χ0n) is 14.0. The van der Waals surface area contributed by atoms with Gasteiger partial charge in [0.1, 0.15) is 5.78 Å². The van der Waals surface area contributed by atoms with Gasteiger partial charge in [0.25, 0.3) is 0 Å². The number of ether oxygens (including phenoxy) is 4. The first-order valence-corrected chi connectivity index (χ1v) is 7.94. The van der Waals surface area contributed by atoms with Crippen molar-refractivity contribution in [2.24, 2.45) is 5.73 Å². The number of Topliss-reactive ketones (excluding diaryl/α,β-unsaturated/α-hetero) is 1. The van der Waals surface area contributed by atoms with E-state index in [0.29, 0.717) is 78.8 Å². The summed E-state index contributed by atoms with van der Waals surface area (Å²) in [7, 11) is 0. The van der Waals surface area contributed by atoms with E-state index in [2.05, 4.69) is 5.32 Å². The van der Waals surface area contributed by atoms with E-state index >= 15 is 0 Å². The van der Waals surface area contributed by atoms with Crippen LogP contribution in [0.5, 0.6) is 0 Å². The van der Waals surface area contributed by atoms with Crippen molar-refractivity contribution in [2.75, 3.05) is 65.9 Å². The summed E-state index contributed by atoms with van der Waals surface area (Å²) in [5, 5.41) is 2.73. The number of carbonyl (C=O) groups excluding carboxylic acids is 2. The largest absolute Gasteiger partial charge is 0.379 e. The fourth-order valence-electron chi connectivity index (χ4n) is 1.46. The van der Waals surface area contributed by atoms with Gasteiger partial charge in [-0.15, -0.1) is 0 Å². The third-order valence-corrected chi connectivity index (χ3v) is 2.65. The molecule has 0 fully saturated rings. The van der Waals surface area contributed by atoms with Gasteiger partial charge in [-0.25, -0.2) is 0 Å². The van der Waals surface area contributed by atoms with Gasteiger partial charge in [0.15, 0.2) is 0 Å². The maximum atomic E-state index is 11.5. The molecule has 0 aliphatic rings. The molecule has 8 heteroatoms. The van der Waals surface area contributed by atoms with Crippen molar-refractivity contribution in [3.63, 3.8) is 0 Å². The molecule has 136 valence electrons. The molecule has 0 heterocycles. The van der Waals surface area contributed by atoms with Crippen molar-refractivity contribution >= 4 is 11.7 Å². The average molecular weight is 334 g/mol. The summed E-state index contributed by atoms with van der Waals surface area (Å²) in [6.07, 6.45) is 0.738. The highest BCUT2D eigenvalue weighted by molar-refractivity contribution is 5.76. The molecule has 3 N–H and O–H groups in total. The molecule has 0 aromatic rings. The first kappa shape index (κ1) is 21.9. The van der Waals surface area contributed by atoms with Gasteiger partial charge >= 0.3 is 0 Å². The Morgan fingerprint density at radius 3 is 1.87 bits per heavy atom. The highest BCUT2D eigenvalue weighted by Gasteiger charge is 2.00. The van der Waals surface area contributed by atoms with Gasteiger partial charge in [-0.2, -0.15) is 0 Å². The van der Waals surface area contributed by atoms with Gasteiger partial charge < -0.3 is 30.0 Å². The Labute approximate surface area is 138 Å². The lowest BCUT2D eigenvalue weighted by Crippen LogP contribution is -2.28. The van der Waals surface area contributed by atoms with Crippen LogP contribution in [-0.2, 0) is 28.5 Å². The Hall–Kier alpha value is -1.06. The molecule has 0 bridgehead atoms. The van der Waals surface area contributed by atoms with E-state index in [1.165, 1.54) is 6.92 Å². The Morgan fingerprint density at radius 2 is 1.30 bits per heavy atom. The average Bonchev–Trinajstić information content (AvgIpc) is 2.52. The van der Waals surface area contributed by atoms with Crippen molar-refractivity contribution in [3.05, 3.63) is 0 Å². The van der Waals surface area contributed by atoms with E-state index in [9.17, 15) is 9.59 Å². The monoisotopic (exact) mass is 334 g/mol. The third-order valence-electron chi connectivity index (χ3n) is 2.65. The Morgan fingerprint density at radius 1 is 0.783 bits per heavy atom. The van der Waals surface area contributed by atoms with Crippen LogP contribution >= 0.6 is 0 Å². The minimum absolute atomic E-state index is 0.0748. The zero-order chi connectivity index (χ0) is 17.2. The molecule has 0 aliphatic carbocycles. The molecule has 1 amide bonds. The molecule has 0 aliphatic heterocycles. The number of nitrogens with one attached hydrogen (secondary N) is 1. The molecule has 0 rings (SSSR count). The molecule has 0 saturated heterocycles. The predicted octanol–water partition coefficient (Wildman–Crippen LogP) is -0.503. The summed E-state index contributed by atoms with van der Waals surface area (Å²) in [6, 6.07) is 0. The normalized spacial score (nSPS) is 10.7. The number of hydrogen-bond donors (Lipinski definition) is 2. The zero-order valence-corrected chi connectivity index (χ0v) is 14.0. The smallest absolute Gasteiger partial charge is 0.222 e. The Bertz CT molecular complexity index is 302. The van der Waals surface area contributed by atoms with Gasteiger partial charge in [-0.05, 0) is 6.92 Å². The standard InChI is InChI=1S/C15H30N2O6/c1-14(18)2-6-20-11-13-23-9-5-17-15(19)3-7-21-10-12-22-8-4-16/h2-13,16H2,1H3,(H,17,19). The number of carbonyl (C=O) groups is 2. The Balaban J connectivity index is 3.17. The minimum atomic E-state index is -0.0748.